The van der Waals surface area contributed by atoms with Crippen molar-refractivity contribution in [1.29, 1.82) is 0 Å². The fraction of sp³-hybridized carbons (Fsp3) is 0.308. The van der Waals surface area contributed by atoms with Crippen molar-refractivity contribution in [2.75, 3.05) is 20.2 Å². The lowest BCUT2D eigenvalue weighted by Gasteiger charge is -2.18. The fourth-order valence-electron chi connectivity index (χ4n) is 3.95. The Balaban J connectivity index is 1.56. The number of nitrogens with zero attached hydrogens (tertiary/aromatic N) is 2. The summed E-state index contributed by atoms with van der Waals surface area (Å²) in [4.78, 5) is 29.9. The van der Waals surface area contributed by atoms with E-state index >= 15 is 0 Å². The molecule has 36 heavy (non-hydrogen) atoms. The Morgan fingerprint density at radius 3 is 2.75 bits per heavy atom. The zero-order valence-electron chi connectivity index (χ0n) is 19.8. The SMILES string of the molecule is CN(Cc1cc2c(=O)c(C(=O)NCc3ccc(Cl)cc3)cn(CCCO)c2s1)C[C@@H](O)c1ccco1. The Kier molecular flexibility index (Phi) is 8.60. The van der Waals surface area contributed by atoms with Gasteiger partial charge in [-0.15, -0.1) is 11.3 Å². The van der Waals surface area contributed by atoms with Crippen molar-refractivity contribution < 1.29 is 19.4 Å². The molecule has 1 aromatic carbocycles. The van der Waals surface area contributed by atoms with Crippen LogP contribution in [0.5, 0.6) is 0 Å². The molecule has 0 bridgehead atoms. The molecule has 3 N–H and O–H groups in total. The first-order chi connectivity index (χ1) is 17.4. The highest BCUT2D eigenvalue weighted by Gasteiger charge is 2.19. The van der Waals surface area contributed by atoms with E-state index in [0.29, 0.717) is 42.2 Å². The van der Waals surface area contributed by atoms with Gasteiger partial charge < -0.3 is 24.5 Å². The normalized spacial score (nSPS) is 12.4. The van der Waals surface area contributed by atoms with Gasteiger partial charge in [0.1, 0.15) is 22.3 Å². The van der Waals surface area contributed by atoms with E-state index in [1.807, 2.05) is 34.7 Å². The second kappa shape index (κ2) is 11.9. The summed E-state index contributed by atoms with van der Waals surface area (Å²) in [6.07, 6.45) is 2.82. The number of aromatic nitrogens is 1. The number of fused-ring (bicyclic) bond motifs is 1. The predicted molar refractivity (Wildman–Crippen MR) is 140 cm³/mol. The molecule has 0 saturated heterocycles. The number of aliphatic hydroxyl groups is 2. The number of rotatable bonds is 11. The van der Waals surface area contributed by atoms with Crippen LogP contribution in [-0.2, 0) is 19.6 Å². The maximum Gasteiger partial charge on any atom is 0.257 e. The number of nitrogens with one attached hydrogen (secondary N) is 1. The summed E-state index contributed by atoms with van der Waals surface area (Å²) in [5.74, 6) is 0.0390. The van der Waals surface area contributed by atoms with E-state index in [4.69, 9.17) is 16.0 Å². The van der Waals surface area contributed by atoms with Crippen molar-refractivity contribution in [2.24, 2.45) is 0 Å². The number of furan rings is 1. The number of halogens is 1. The van der Waals surface area contributed by atoms with E-state index in [9.17, 15) is 19.8 Å². The average Bonchev–Trinajstić information content (AvgIpc) is 3.54. The van der Waals surface area contributed by atoms with Crippen LogP contribution in [0.4, 0.5) is 0 Å². The van der Waals surface area contributed by atoms with Crippen molar-refractivity contribution in [3.8, 4) is 0 Å². The van der Waals surface area contributed by atoms with E-state index in [2.05, 4.69) is 5.32 Å². The minimum absolute atomic E-state index is 0.00262. The second-order valence-electron chi connectivity index (χ2n) is 8.61. The summed E-state index contributed by atoms with van der Waals surface area (Å²) in [5, 5.41) is 23.6. The van der Waals surface area contributed by atoms with Crippen LogP contribution < -0.4 is 10.7 Å². The van der Waals surface area contributed by atoms with Gasteiger partial charge in [-0.3, -0.25) is 14.5 Å². The summed E-state index contributed by atoms with van der Waals surface area (Å²) < 4.78 is 7.13. The monoisotopic (exact) mass is 529 g/mol. The van der Waals surface area contributed by atoms with Gasteiger partial charge in [-0.1, -0.05) is 23.7 Å². The molecule has 0 saturated carbocycles. The Morgan fingerprint density at radius 2 is 2.06 bits per heavy atom. The summed E-state index contributed by atoms with van der Waals surface area (Å²) in [6, 6.07) is 12.4. The molecule has 3 heterocycles. The molecule has 10 heteroatoms. The third kappa shape index (κ3) is 6.24. The fourth-order valence-corrected chi connectivity index (χ4v) is 5.31. The highest BCUT2D eigenvalue weighted by atomic mass is 35.5. The van der Waals surface area contributed by atoms with Crippen LogP contribution in [0.2, 0.25) is 5.02 Å². The summed E-state index contributed by atoms with van der Waals surface area (Å²) in [6.45, 7) is 1.60. The Labute approximate surface area is 217 Å². The highest BCUT2D eigenvalue weighted by molar-refractivity contribution is 7.18. The number of amides is 1. The molecular weight excluding hydrogens is 502 g/mol. The average molecular weight is 530 g/mol. The van der Waals surface area contributed by atoms with Crippen molar-refractivity contribution in [2.45, 2.75) is 32.2 Å². The molecule has 1 amide bonds. The van der Waals surface area contributed by atoms with Gasteiger partial charge in [0.25, 0.3) is 5.91 Å². The predicted octanol–water partition coefficient (Wildman–Crippen LogP) is 3.79. The van der Waals surface area contributed by atoms with Crippen molar-refractivity contribution >= 4 is 39.1 Å². The Bertz CT molecular complexity index is 1360. The smallest absolute Gasteiger partial charge is 0.257 e. The highest BCUT2D eigenvalue weighted by Crippen LogP contribution is 2.26. The third-order valence-electron chi connectivity index (χ3n) is 5.75. The molecule has 3 aromatic heterocycles. The van der Waals surface area contributed by atoms with E-state index in [1.165, 1.54) is 17.6 Å². The molecule has 0 fully saturated rings. The molecule has 190 valence electrons. The lowest BCUT2D eigenvalue weighted by molar-refractivity contribution is 0.0949. The van der Waals surface area contributed by atoms with Gasteiger partial charge in [0.2, 0.25) is 5.43 Å². The molecule has 1 atom stereocenters. The van der Waals surface area contributed by atoms with Crippen LogP contribution >= 0.6 is 22.9 Å². The number of aliphatic hydroxyl groups excluding tert-OH is 2. The van der Waals surface area contributed by atoms with Crippen molar-refractivity contribution in [3.63, 3.8) is 0 Å². The molecule has 0 aliphatic carbocycles. The number of benzene rings is 1. The lowest BCUT2D eigenvalue weighted by Crippen LogP contribution is -2.29. The number of thiophene rings is 1. The number of aryl methyl sites for hydroxylation is 1. The van der Waals surface area contributed by atoms with Crippen LogP contribution in [0.1, 0.15) is 39.1 Å². The molecule has 4 aromatic rings. The molecule has 0 aliphatic heterocycles. The standard InChI is InChI=1S/C26H28ClN3O5S/c1-29(16-22(32)23-4-2-11-35-23)14-19-12-20-24(33)21(15-30(9-3-10-31)26(20)36-19)25(34)28-13-17-5-7-18(27)8-6-17/h2,4-8,11-12,15,22,31-32H,3,9-10,13-14,16H2,1H3,(H,28,34)/t22-/m1/s1. The van der Waals surface area contributed by atoms with Crippen LogP contribution in [0.3, 0.4) is 0 Å². The third-order valence-corrected chi connectivity index (χ3v) is 7.16. The zero-order valence-corrected chi connectivity index (χ0v) is 21.4. The van der Waals surface area contributed by atoms with Gasteiger partial charge in [0.05, 0.1) is 11.6 Å². The van der Waals surface area contributed by atoms with E-state index < -0.39 is 12.0 Å². The quantitative estimate of drug-likeness (QED) is 0.273. The number of hydrogen-bond donors (Lipinski definition) is 3. The number of carbonyl (C=O) groups excluding carboxylic acids is 1. The van der Waals surface area contributed by atoms with Crippen molar-refractivity contribution in [3.05, 3.63) is 91.9 Å². The number of hydrogen-bond acceptors (Lipinski definition) is 7. The molecule has 0 radical (unpaired) electrons. The summed E-state index contributed by atoms with van der Waals surface area (Å²) in [7, 11) is 1.88. The molecule has 8 nitrogen and oxygen atoms in total. The zero-order chi connectivity index (χ0) is 25.7. The van der Waals surface area contributed by atoms with Gasteiger partial charge >= 0.3 is 0 Å². The molecule has 0 spiro atoms. The Morgan fingerprint density at radius 1 is 1.28 bits per heavy atom. The first-order valence-electron chi connectivity index (χ1n) is 11.5. The number of carbonyl (C=O) groups is 1. The summed E-state index contributed by atoms with van der Waals surface area (Å²) >= 11 is 7.38. The van der Waals surface area contributed by atoms with E-state index in [-0.39, 0.29) is 24.1 Å². The summed E-state index contributed by atoms with van der Waals surface area (Å²) in [5.41, 5.74) is 0.590. The lowest BCUT2D eigenvalue weighted by atomic mass is 10.1. The van der Waals surface area contributed by atoms with Crippen LogP contribution in [0.15, 0.2) is 64.1 Å². The maximum absolute atomic E-state index is 13.3. The van der Waals surface area contributed by atoms with Gasteiger partial charge in [-0.25, -0.2) is 0 Å². The minimum Gasteiger partial charge on any atom is -0.467 e. The van der Waals surface area contributed by atoms with Crippen molar-refractivity contribution in [1.82, 2.24) is 14.8 Å². The van der Waals surface area contributed by atoms with Gasteiger partial charge in [0, 0.05) is 48.9 Å². The van der Waals surface area contributed by atoms with Crippen LogP contribution in [-0.4, -0.2) is 45.8 Å². The van der Waals surface area contributed by atoms with Gasteiger partial charge in [-0.05, 0) is 49.4 Å². The van der Waals surface area contributed by atoms with E-state index in [0.717, 1.165) is 15.3 Å². The first kappa shape index (κ1) is 26.1. The molecular formula is C26H28ClN3O5S. The van der Waals surface area contributed by atoms with Gasteiger partial charge in [-0.2, -0.15) is 0 Å². The Hall–Kier alpha value is -2.95. The number of pyridine rings is 1. The minimum atomic E-state index is -0.764. The van der Waals surface area contributed by atoms with Gasteiger partial charge in [0.15, 0.2) is 0 Å². The molecule has 0 aliphatic rings. The largest absolute Gasteiger partial charge is 0.467 e. The second-order valence-corrected chi connectivity index (χ2v) is 10.2. The van der Waals surface area contributed by atoms with E-state index in [1.54, 1.807) is 30.5 Å². The topological polar surface area (TPSA) is 108 Å². The van der Waals surface area contributed by atoms with Crippen LogP contribution in [0, 0.1) is 0 Å². The maximum atomic E-state index is 13.3. The molecule has 4 rings (SSSR count). The van der Waals surface area contributed by atoms with Crippen LogP contribution in [0.25, 0.3) is 10.2 Å². The molecule has 0 unspecified atom stereocenters. The number of likely N-dealkylation sites (N-methyl/N-ethyl adjacent to an activating group) is 1. The first-order valence-corrected chi connectivity index (χ1v) is 12.7.